The van der Waals surface area contributed by atoms with Crippen molar-refractivity contribution in [3.63, 3.8) is 0 Å². The Morgan fingerprint density at radius 3 is 2.85 bits per heavy atom. The average Bonchev–Trinajstić information content (AvgIpc) is 2.83. The highest BCUT2D eigenvalue weighted by molar-refractivity contribution is 8.00. The Bertz CT molecular complexity index is 502. The van der Waals surface area contributed by atoms with Gasteiger partial charge in [0.05, 0.1) is 11.3 Å². The predicted molar refractivity (Wildman–Crippen MR) is 74.3 cm³/mol. The van der Waals surface area contributed by atoms with E-state index in [4.69, 9.17) is 14.2 Å². The van der Waals surface area contributed by atoms with Crippen LogP contribution in [0.4, 0.5) is 0 Å². The van der Waals surface area contributed by atoms with Crippen molar-refractivity contribution in [3.8, 4) is 0 Å². The van der Waals surface area contributed by atoms with Crippen LogP contribution in [-0.4, -0.2) is 36.0 Å². The van der Waals surface area contributed by atoms with E-state index in [0.717, 1.165) is 5.56 Å². The number of thioether (sulfide) groups is 1. The molecule has 5 nitrogen and oxygen atoms in total. The van der Waals surface area contributed by atoms with Crippen LogP contribution >= 0.6 is 11.8 Å². The summed E-state index contributed by atoms with van der Waals surface area (Å²) in [5, 5.41) is 0. The molecule has 1 heterocycles. The molecule has 0 radical (unpaired) electrons. The second kappa shape index (κ2) is 6.76. The summed E-state index contributed by atoms with van der Waals surface area (Å²) < 4.78 is 15.6. The normalized spacial score (nSPS) is 21.5. The zero-order chi connectivity index (χ0) is 14.5. The van der Waals surface area contributed by atoms with Crippen molar-refractivity contribution in [1.82, 2.24) is 0 Å². The first-order valence-corrected chi connectivity index (χ1v) is 7.28. The lowest BCUT2D eigenvalue weighted by molar-refractivity contribution is -0.172. The van der Waals surface area contributed by atoms with E-state index in [-0.39, 0.29) is 24.0 Å². The highest BCUT2D eigenvalue weighted by atomic mass is 32.2. The molecule has 1 aliphatic rings. The Labute approximate surface area is 121 Å². The van der Waals surface area contributed by atoms with Gasteiger partial charge in [-0.3, -0.25) is 4.79 Å². The molecule has 108 valence electrons. The van der Waals surface area contributed by atoms with Crippen LogP contribution in [0.25, 0.3) is 0 Å². The molecule has 1 aliphatic heterocycles. The Kier molecular flexibility index (Phi) is 5.03. The molecule has 0 aromatic heterocycles. The summed E-state index contributed by atoms with van der Waals surface area (Å²) >= 11 is 1.46. The van der Waals surface area contributed by atoms with Gasteiger partial charge in [-0.05, 0) is 18.6 Å². The Morgan fingerprint density at radius 1 is 1.40 bits per heavy atom. The largest absolute Gasteiger partial charge is 0.458 e. The number of carbonyl (C=O) groups excluding carboxylic acids is 2. The van der Waals surface area contributed by atoms with Crippen molar-refractivity contribution < 1.29 is 23.8 Å². The lowest BCUT2D eigenvalue weighted by Gasteiger charge is -2.13. The van der Waals surface area contributed by atoms with Crippen LogP contribution in [0.2, 0.25) is 0 Å². The molecule has 0 bridgehead atoms. The molecule has 0 aliphatic carbocycles. The molecule has 0 saturated carbocycles. The molecule has 2 atom stereocenters. The molecule has 20 heavy (non-hydrogen) atoms. The number of hydrogen-bond donors (Lipinski definition) is 0. The standard InChI is InChI=1S/C14H16O5S/c1-9-5-3-4-6-11(9)14(16)17-7-13-19-12(8-20-13)18-10(2)15/h3-6,12-13H,7-8H2,1-2H3. The van der Waals surface area contributed by atoms with Crippen LogP contribution in [-0.2, 0) is 19.0 Å². The number of carbonyl (C=O) groups is 2. The second-order valence-corrected chi connectivity index (χ2v) is 5.54. The van der Waals surface area contributed by atoms with Gasteiger partial charge in [0.1, 0.15) is 12.0 Å². The predicted octanol–water partition coefficient (Wildman–Crippen LogP) is 2.13. The lowest BCUT2D eigenvalue weighted by atomic mass is 10.1. The summed E-state index contributed by atoms with van der Waals surface area (Å²) in [6, 6.07) is 7.24. The number of esters is 2. The van der Waals surface area contributed by atoms with Gasteiger partial charge in [0.25, 0.3) is 0 Å². The second-order valence-electron chi connectivity index (χ2n) is 4.35. The fourth-order valence-electron chi connectivity index (χ4n) is 1.79. The van der Waals surface area contributed by atoms with E-state index >= 15 is 0 Å². The van der Waals surface area contributed by atoms with Gasteiger partial charge in [-0.1, -0.05) is 18.2 Å². The van der Waals surface area contributed by atoms with Crippen molar-refractivity contribution in [2.75, 3.05) is 12.4 Å². The quantitative estimate of drug-likeness (QED) is 0.793. The van der Waals surface area contributed by atoms with Crippen molar-refractivity contribution in [1.29, 1.82) is 0 Å². The lowest BCUT2D eigenvalue weighted by Crippen LogP contribution is -2.22. The van der Waals surface area contributed by atoms with E-state index in [1.54, 1.807) is 12.1 Å². The smallest absolute Gasteiger partial charge is 0.338 e. The zero-order valence-corrected chi connectivity index (χ0v) is 12.1. The molecule has 0 spiro atoms. The van der Waals surface area contributed by atoms with E-state index in [2.05, 4.69) is 0 Å². The van der Waals surface area contributed by atoms with Gasteiger partial charge < -0.3 is 14.2 Å². The highest BCUT2D eigenvalue weighted by Gasteiger charge is 2.29. The number of benzene rings is 1. The van der Waals surface area contributed by atoms with E-state index in [0.29, 0.717) is 11.3 Å². The van der Waals surface area contributed by atoms with Crippen molar-refractivity contribution >= 4 is 23.7 Å². The topological polar surface area (TPSA) is 61.8 Å². The zero-order valence-electron chi connectivity index (χ0n) is 11.3. The first-order valence-electron chi connectivity index (χ1n) is 6.23. The highest BCUT2D eigenvalue weighted by Crippen LogP contribution is 2.26. The van der Waals surface area contributed by atoms with E-state index in [1.807, 2.05) is 19.1 Å². The molecule has 0 N–H and O–H groups in total. The Balaban J connectivity index is 1.80. The number of hydrogen-bond acceptors (Lipinski definition) is 6. The maximum atomic E-state index is 11.9. The number of ether oxygens (including phenoxy) is 3. The molecule has 0 amide bonds. The maximum absolute atomic E-state index is 11.9. The van der Waals surface area contributed by atoms with Gasteiger partial charge in [-0.2, -0.15) is 0 Å². The van der Waals surface area contributed by atoms with Crippen LogP contribution in [0.3, 0.4) is 0 Å². The molecule has 2 unspecified atom stereocenters. The van der Waals surface area contributed by atoms with Crippen LogP contribution < -0.4 is 0 Å². The molecule has 1 saturated heterocycles. The molecule has 1 fully saturated rings. The van der Waals surface area contributed by atoms with Gasteiger partial charge in [0, 0.05) is 6.92 Å². The van der Waals surface area contributed by atoms with Crippen molar-refractivity contribution in [2.24, 2.45) is 0 Å². The third-order valence-electron chi connectivity index (χ3n) is 2.73. The van der Waals surface area contributed by atoms with Gasteiger partial charge in [-0.15, -0.1) is 11.8 Å². The van der Waals surface area contributed by atoms with Crippen molar-refractivity contribution in [2.45, 2.75) is 25.6 Å². The van der Waals surface area contributed by atoms with Crippen molar-refractivity contribution in [3.05, 3.63) is 35.4 Å². The first-order chi connectivity index (χ1) is 9.56. The minimum absolute atomic E-state index is 0.135. The number of aryl methyl sites for hydroxylation is 1. The minimum Gasteiger partial charge on any atom is -0.458 e. The third kappa shape index (κ3) is 3.98. The van der Waals surface area contributed by atoms with Gasteiger partial charge >= 0.3 is 11.9 Å². The first kappa shape index (κ1) is 14.9. The van der Waals surface area contributed by atoms with Gasteiger partial charge in [-0.25, -0.2) is 4.79 Å². The van der Waals surface area contributed by atoms with E-state index < -0.39 is 6.29 Å². The minimum atomic E-state index is -0.556. The molecule has 6 heteroatoms. The fraction of sp³-hybridized carbons (Fsp3) is 0.429. The summed E-state index contributed by atoms with van der Waals surface area (Å²) in [5.41, 5.74) is 1.12. The third-order valence-corrected chi connectivity index (χ3v) is 3.82. The van der Waals surface area contributed by atoms with Gasteiger partial charge in [0.15, 0.2) is 0 Å². The SMILES string of the molecule is CC(=O)OC1CSC(COC(=O)c2ccccc2C)O1. The monoisotopic (exact) mass is 296 g/mol. The summed E-state index contributed by atoms with van der Waals surface area (Å²) in [6.45, 7) is 3.32. The molecule has 2 rings (SSSR count). The molecule has 1 aromatic carbocycles. The molecular weight excluding hydrogens is 280 g/mol. The summed E-state index contributed by atoms with van der Waals surface area (Å²) in [5.74, 6) is -0.206. The summed E-state index contributed by atoms with van der Waals surface area (Å²) in [4.78, 5) is 22.7. The van der Waals surface area contributed by atoms with E-state index in [1.165, 1.54) is 18.7 Å². The maximum Gasteiger partial charge on any atom is 0.338 e. The van der Waals surface area contributed by atoms with Crippen LogP contribution in [0.5, 0.6) is 0 Å². The Hall–Kier alpha value is -1.53. The fourth-order valence-corrected chi connectivity index (χ4v) is 2.68. The molecular formula is C14H16O5S. The van der Waals surface area contributed by atoms with Crippen LogP contribution in [0.1, 0.15) is 22.8 Å². The summed E-state index contributed by atoms with van der Waals surface area (Å²) in [6.07, 6.45) is -0.556. The van der Waals surface area contributed by atoms with Crippen LogP contribution in [0, 0.1) is 6.92 Å². The average molecular weight is 296 g/mol. The number of rotatable bonds is 4. The summed E-state index contributed by atoms with van der Waals surface area (Å²) in [7, 11) is 0. The van der Waals surface area contributed by atoms with E-state index in [9.17, 15) is 9.59 Å². The van der Waals surface area contributed by atoms with Crippen LogP contribution in [0.15, 0.2) is 24.3 Å². The molecule has 1 aromatic rings. The van der Waals surface area contributed by atoms with Gasteiger partial charge in [0.2, 0.25) is 6.29 Å². The Morgan fingerprint density at radius 2 is 2.15 bits per heavy atom.